The maximum atomic E-state index is 11.3. The van der Waals surface area contributed by atoms with Gasteiger partial charge < -0.3 is 10.1 Å². The number of rotatable bonds is 3. The summed E-state index contributed by atoms with van der Waals surface area (Å²) in [5.41, 5.74) is 0.364. The van der Waals surface area contributed by atoms with Crippen molar-refractivity contribution in [3.8, 4) is 0 Å². The van der Waals surface area contributed by atoms with Gasteiger partial charge in [0.05, 0.1) is 22.8 Å². The van der Waals surface area contributed by atoms with Gasteiger partial charge in [0.25, 0.3) is 0 Å². The van der Waals surface area contributed by atoms with Crippen LogP contribution in [0.4, 0.5) is 5.69 Å². The van der Waals surface area contributed by atoms with Gasteiger partial charge in [-0.3, -0.25) is 9.59 Å². The minimum atomic E-state index is -0.615. The molecule has 0 aliphatic rings. The molecule has 6 heteroatoms. The van der Waals surface area contributed by atoms with E-state index in [-0.39, 0.29) is 11.4 Å². The first kappa shape index (κ1) is 12.8. The third-order valence-corrected chi connectivity index (χ3v) is 2.58. The van der Waals surface area contributed by atoms with Crippen LogP contribution in [0.2, 0.25) is 10.0 Å². The maximum Gasteiger partial charge on any atom is 0.315 e. The number of amides is 1. The Morgan fingerprint density at radius 2 is 2.06 bits per heavy atom. The van der Waals surface area contributed by atoms with Gasteiger partial charge in [-0.1, -0.05) is 29.3 Å². The van der Waals surface area contributed by atoms with E-state index in [1.54, 1.807) is 18.2 Å². The summed E-state index contributed by atoms with van der Waals surface area (Å²) in [5, 5.41) is 3.03. The molecule has 1 N–H and O–H groups in total. The first-order valence-electron chi connectivity index (χ1n) is 4.35. The molecule has 1 rings (SSSR count). The number of benzene rings is 1. The lowest BCUT2D eigenvalue weighted by Crippen LogP contribution is -2.17. The summed E-state index contributed by atoms with van der Waals surface area (Å²) in [6.45, 7) is 0. The van der Waals surface area contributed by atoms with E-state index < -0.39 is 11.9 Å². The Kier molecular flexibility index (Phi) is 4.58. The highest BCUT2D eigenvalue weighted by Gasteiger charge is 2.12. The summed E-state index contributed by atoms with van der Waals surface area (Å²) in [4.78, 5) is 22.2. The molecule has 0 bridgehead atoms. The number of carbonyl (C=O) groups is 2. The van der Waals surface area contributed by atoms with Gasteiger partial charge in [-0.25, -0.2) is 0 Å². The molecule has 0 spiro atoms. The monoisotopic (exact) mass is 261 g/mol. The Balaban J connectivity index is 2.70. The van der Waals surface area contributed by atoms with E-state index in [2.05, 4.69) is 10.1 Å². The predicted molar refractivity (Wildman–Crippen MR) is 61.7 cm³/mol. The highest BCUT2D eigenvalue weighted by atomic mass is 35.5. The quantitative estimate of drug-likeness (QED) is 0.672. The van der Waals surface area contributed by atoms with Crippen LogP contribution in [-0.2, 0) is 14.3 Å². The average molecular weight is 262 g/mol. The highest BCUT2D eigenvalue weighted by molar-refractivity contribution is 6.44. The second kappa shape index (κ2) is 5.72. The second-order valence-corrected chi connectivity index (χ2v) is 3.69. The fourth-order valence-corrected chi connectivity index (χ4v) is 1.35. The molecule has 0 aliphatic carbocycles. The third-order valence-electron chi connectivity index (χ3n) is 1.76. The van der Waals surface area contributed by atoms with Gasteiger partial charge in [-0.15, -0.1) is 0 Å². The molecule has 4 nitrogen and oxygen atoms in total. The van der Waals surface area contributed by atoms with Crippen LogP contribution in [-0.4, -0.2) is 19.0 Å². The molecule has 86 valence electrons. The van der Waals surface area contributed by atoms with Gasteiger partial charge in [-0.05, 0) is 12.1 Å². The smallest absolute Gasteiger partial charge is 0.315 e. The van der Waals surface area contributed by atoms with E-state index in [4.69, 9.17) is 23.2 Å². The fraction of sp³-hybridized carbons (Fsp3) is 0.200. The summed E-state index contributed by atoms with van der Waals surface area (Å²) in [6, 6.07) is 4.82. The highest BCUT2D eigenvalue weighted by Crippen LogP contribution is 2.29. The van der Waals surface area contributed by atoms with Gasteiger partial charge in [0, 0.05) is 0 Å². The molecule has 0 saturated carbocycles. The number of nitrogens with one attached hydrogen (secondary N) is 1. The molecule has 1 amide bonds. The van der Waals surface area contributed by atoms with Crippen molar-refractivity contribution in [3.05, 3.63) is 28.2 Å². The van der Waals surface area contributed by atoms with Crippen molar-refractivity contribution in [1.29, 1.82) is 0 Å². The molecule has 0 radical (unpaired) electrons. The van der Waals surface area contributed by atoms with E-state index in [1.165, 1.54) is 7.11 Å². The van der Waals surface area contributed by atoms with Crippen LogP contribution >= 0.6 is 23.2 Å². The first-order chi connectivity index (χ1) is 7.54. The molecule has 1 aromatic rings. The van der Waals surface area contributed by atoms with E-state index in [0.717, 1.165) is 0 Å². The van der Waals surface area contributed by atoms with Gasteiger partial charge in [-0.2, -0.15) is 0 Å². The number of anilines is 1. The maximum absolute atomic E-state index is 11.3. The predicted octanol–water partition coefficient (Wildman–Crippen LogP) is 2.50. The SMILES string of the molecule is COC(=O)CC(=O)Nc1cccc(Cl)c1Cl. The van der Waals surface area contributed by atoms with Gasteiger partial charge in [0.15, 0.2) is 0 Å². The molecule has 0 unspecified atom stereocenters. The van der Waals surface area contributed by atoms with E-state index in [9.17, 15) is 9.59 Å². The van der Waals surface area contributed by atoms with Gasteiger partial charge >= 0.3 is 5.97 Å². The zero-order valence-corrected chi connectivity index (χ0v) is 9.93. The Bertz CT molecular complexity index is 421. The zero-order valence-electron chi connectivity index (χ0n) is 8.42. The molecule has 1 aromatic carbocycles. The number of esters is 1. The molecule has 16 heavy (non-hydrogen) atoms. The van der Waals surface area contributed by atoms with Gasteiger partial charge in [0.2, 0.25) is 5.91 Å². The minimum absolute atomic E-state index is 0.238. The van der Waals surface area contributed by atoms with Crippen LogP contribution in [0.3, 0.4) is 0 Å². The lowest BCUT2D eigenvalue weighted by atomic mass is 10.3. The van der Waals surface area contributed by atoms with E-state index >= 15 is 0 Å². The number of halogens is 2. The summed E-state index contributed by atoms with van der Waals surface area (Å²) >= 11 is 11.6. The Morgan fingerprint density at radius 3 is 2.69 bits per heavy atom. The molecular formula is C10H9Cl2NO3. The van der Waals surface area contributed by atoms with Crippen molar-refractivity contribution >= 4 is 40.8 Å². The third kappa shape index (κ3) is 3.40. The van der Waals surface area contributed by atoms with Gasteiger partial charge in [0.1, 0.15) is 6.42 Å². The van der Waals surface area contributed by atoms with Crippen LogP contribution < -0.4 is 5.32 Å². The largest absolute Gasteiger partial charge is 0.469 e. The minimum Gasteiger partial charge on any atom is -0.469 e. The lowest BCUT2D eigenvalue weighted by molar-refractivity contribution is -0.142. The lowest BCUT2D eigenvalue weighted by Gasteiger charge is -2.07. The molecular weight excluding hydrogens is 253 g/mol. The normalized spacial score (nSPS) is 9.69. The molecule has 0 aliphatic heterocycles. The number of hydrogen-bond acceptors (Lipinski definition) is 3. The van der Waals surface area contributed by atoms with Crippen molar-refractivity contribution in [2.75, 3.05) is 12.4 Å². The van der Waals surface area contributed by atoms with Crippen LogP contribution in [0.15, 0.2) is 18.2 Å². The number of methoxy groups -OCH3 is 1. The first-order valence-corrected chi connectivity index (χ1v) is 5.11. The Hall–Kier alpha value is -1.26. The Labute approximate surface area is 102 Å². The van der Waals surface area contributed by atoms with Crippen LogP contribution in [0.1, 0.15) is 6.42 Å². The Morgan fingerprint density at radius 1 is 1.38 bits per heavy atom. The van der Waals surface area contributed by atoms with E-state index in [1.807, 2.05) is 0 Å². The average Bonchev–Trinajstić information content (AvgIpc) is 2.24. The summed E-state index contributed by atoms with van der Waals surface area (Å²) < 4.78 is 4.35. The molecule has 0 atom stereocenters. The van der Waals surface area contributed by atoms with Crippen LogP contribution in [0.5, 0.6) is 0 Å². The molecule has 0 saturated heterocycles. The van der Waals surface area contributed by atoms with Crippen molar-refractivity contribution in [1.82, 2.24) is 0 Å². The second-order valence-electron chi connectivity index (χ2n) is 2.90. The van der Waals surface area contributed by atoms with Crippen molar-refractivity contribution < 1.29 is 14.3 Å². The summed E-state index contributed by atoms with van der Waals surface area (Å²) in [6.07, 6.45) is -0.362. The van der Waals surface area contributed by atoms with Crippen LogP contribution in [0, 0.1) is 0 Å². The summed E-state index contributed by atoms with van der Waals surface area (Å²) in [5.74, 6) is -1.12. The number of carbonyl (C=O) groups excluding carboxylic acids is 2. The number of hydrogen-bond donors (Lipinski definition) is 1. The molecule has 0 aromatic heterocycles. The standard InChI is InChI=1S/C10H9Cl2NO3/c1-16-9(15)5-8(14)13-7-4-2-3-6(11)10(7)12/h2-4H,5H2,1H3,(H,13,14). The van der Waals surface area contributed by atoms with Crippen molar-refractivity contribution in [2.24, 2.45) is 0 Å². The summed E-state index contributed by atoms with van der Waals surface area (Å²) in [7, 11) is 1.21. The van der Waals surface area contributed by atoms with Crippen molar-refractivity contribution in [3.63, 3.8) is 0 Å². The topological polar surface area (TPSA) is 55.4 Å². The molecule has 0 fully saturated rings. The van der Waals surface area contributed by atoms with Crippen molar-refractivity contribution in [2.45, 2.75) is 6.42 Å². The van der Waals surface area contributed by atoms with E-state index in [0.29, 0.717) is 10.7 Å². The fourth-order valence-electron chi connectivity index (χ4n) is 0.998. The van der Waals surface area contributed by atoms with Crippen LogP contribution in [0.25, 0.3) is 0 Å². The number of ether oxygens (including phenoxy) is 1. The molecule has 0 heterocycles. The zero-order chi connectivity index (χ0) is 12.1.